The second kappa shape index (κ2) is 6.24. The molecule has 0 atom stereocenters. The van der Waals surface area contributed by atoms with E-state index in [2.05, 4.69) is 15.5 Å². The molecule has 3 aromatic rings. The molecule has 2 heterocycles. The van der Waals surface area contributed by atoms with Crippen LogP contribution in [0.25, 0.3) is 11.0 Å². The summed E-state index contributed by atoms with van der Waals surface area (Å²) in [6.07, 6.45) is 0. The highest BCUT2D eigenvalue weighted by Gasteiger charge is 2.26. The molecule has 1 aromatic heterocycles. The van der Waals surface area contributed by atoms with E-state index in [9.17, 15) is 9.59 Å². The highest BCUT2D eigenvalue weighted by Crippen LogP contribution is 2.27. The predicted octanol–water partition coefficient (Wildman–Crippen LogP) is 3.61. The first-order chi connectivity index (χ1) is 12.5. The smallest absolute Gasteiger partial charge is 0.345 e. The van der Waals surface area contributed by atoms with E-state index in [1.807, 2.05) is 12.1 Å². The molecule has 1 amide bonds. The average Bonchev–Trinajstić information content (AvgIpc) is 2.93. The zero-order valence-electron chi connectivity index (χ0n) is 13.6. The number of carbonyl (C=O) groups excluding carboxylic acids is 1. The molecular formula is C19H12ClN3O3. The first kappa shape index (κ1) is 16.2. The standard InChI is InChI=1S/C19H12ClN3O3/c1-10(14-8-11-4-2-3-5-16(11)26-19(14)25)22-23-17-13-7-6-12(20)9-15(13)21-18(17)24/h2-9H,1H3,(H,21,23,24)/b22-10-. The topological polar surface area (TPSA) is 84.0 Å². The van der Waals surface area contributed by atoms with Crippen LogP contribution in [0.4, 0.5) is 5.69 Å². The highest BCUT2D eigenvalue weighted by atomic mass is 35.5. The summed E-state index contributed by atoms with van der Waals surface area (Å²) in [5.41, 5.74) is 2.01. The second-order valence-electron chi connectivity index (χ2n) is 5.76. The van der Waals surface area contributed by atoms with E-state index in [1.165, 1.54) is 0 Å². The van der Waals surface area contributed by atoms with E-state index in [0.717, 1.165) is 5.39 Å². The summed E-state index contributed by atoms with van der Waals surface area (Å²) in [4.78, 5) is 24.3. The van der Waals surface area contributed by atoms with Crippen molar-refractivity contribution in [2.45, 2.75) is 6.92 Å². The Morgan fingerprint density at radius 2 is 1.92 bits per heavy atom. The van der Waals surface area contributed by atoms with Gasteiger partial charge in [0.25, 0.3) is 5.91 Å². The van der Waals surface area contributed by atoms with Gasteiger partial charge in [0.05, 0.1) is 17.0 Å². The Morgan fingerprint density at radius 1 is 1.12 bits per heavy atom. The average molecular weight is 366 g/mol. The van der Waals surface area contributed by atoms with Crippen molar-refractivity contribution in [1.82, 2.24) is 0 Å². The van der Waals surface area contributed by atoms with Crippen LogP contribution < -0.4 is 10.9 Å². The second-order valence-corrected chi connectivity index (χ2v) is 6.20. The lowest BCUT2D eigenvalue weighted by atomic mass is 10.1. The number of rotatable bonds is 2. The Morgan fingerprint density at radius 3 is 2.77 bits per heavy atom. The normalized spacial score (nSPS) is 15.4. The van der Waals surface area contributed by atoms with Crippen molar-refractivity contribution in [3.8, 4) is 0 Å². The maximum atomic E-state index is 12.2. The molecule has 0 aliphatic carbocycles. The molecule has 0 fully saturated rings. The minimum Gasteiger partial charge on any atom is -0.422 e. The van der Waals surface area contributed by atoms with Crippen molar-refractivity contribution in [3.63, 3.8) is 0 Å². The number of benzene rings is 2. The predicted molar refractivity (Wildman–Crippen MR) is 101 cm³/mol. The van der Waals surface area contributed by atoms with E-state index in [1.54, 1.807) is 43.3 Å². The van der Waals surface area contributed by atoms with Crippen molar-refractivity contribution in [1.29, 1.82) is 0 Å². The van der Waals surface area contributed by atoms with Crippen molar-refractivity contribution in [3.05, 3.63) is 75.1 Å². The Bertz CT molecular complexity index is 1180. The van der Waals surface area contributed by atoms with Crippen LogP contribution in [0.2, 0.25) is 5.02 Å². The van der Waals surface area contributed by atoms with Crippen molar-refractivity contribution >= 4 is 45.6 Å². The lowest BCUT2D eigenvalue weighted by molar-refractivity contribution is -0.110. The number of para-hydroxylation sites is 1. The number of hydrogen-bond donors (Lipinski definition) is 1. The summed E-state index contributed by atoms with van der Waals surface area (Å²) in [6.45, 7) is 1.64. The van der Waals surface area contributed by atoms with Crippen molar-refractivity contribution < 1.29 is 9.21 Å². The lowest BCUT2D eigenvalue weighted by Crippen LogP contribution is -2.15. The first-order valence-electron chi connectivity index (χ1n) is 7.80. The molecule has 0 unspecified atom stereocenters. The molecule has 6 nitrogen and oxygen atoms in total. The van der Waals surface area contributed by atoms with Gasteiger partial charge in [-0.05, 0) is 37.3 Å². The van der Waals surface area contributed by atoms with E-state index in [0.29, 0.717) is 33.1 Å². The Balaban J connectivity index is 1.76. The molecule has 7 heteroatoms. The number of halogens is 1. The minimum absolute atomic E-state index is 0.168. The number of anilines is 1. The maximum Gasteiger partial charge on any atom is 0.345 e. The number of fused-ring (bicyclic) bond motifs is 2. The molecule has 0 bridgehead atoms. The number of nitrogens with zero attached hydrogens (tertiary/aromatic N) is 2. The monoisotopic (exact) mass is 365 g/mol. The largest absolute Gasteiger partial charge is 0.422 e. The summed E-state index contributed by atoms with van der Waals surface area (Å²) in [5, 5.41) is 12.1. The summed E-state index contributed by atoms with van der Waals surface area (Å²) >= 11 is 5.93. The Hall–Kier alpha value is -3.25. The van der Waals surface area contributed by atoms with Gasteiger partial charge in [-0.1, -0.05) is 29.8 Å². The van der Waals surface area contributed by atoms with Gasteiger partial charge in [0.1, 0.15) is 5.58 Å². The van der Waals surface area contributed by atoms with Gasteiger partial charge >= 0.3 is 5.63 Å². The van der Waals surface area contributed by atoms with Crippen LogP contribution >= 0.6 is 11.6 Å². The number of amides is 1. The fourth-order valence-electron chi connectivity index (χ4n) is 2.72. The molecule has 4 rings (SSSR count). The molecule has 128 valence electrons. The molecule has 0 saturated heterocycles. The van der Waals surface area contributed by atoms with E-state index in [4.69, 9.17) is 16.0 Å². The first-order valence-corrected chi connectivity index (χ1v) is 8.17. The molecule has 1 aliphatic heterocycles. The molecule has 0 radical (unpaired) electrons. The summed E-state index contributed by atoms with van der Waals surface area (Å²) < 4.78 is 5.30. The van der Waals surface area contributed by atoms with Gasteiger partial charge in [-0.15, -0.1) is 5.10 Å². The van der Waals surface area contributed by atoms with Crippen LogP contribution in [0, 0.1) is 0 Å². The van der Waals surface area contributed by atoms with Crippen molar-refractivity contribution in [2.75, 3.05) is 5.32 Å². The van der Waals surface area contributed by atoms with Crippen LogP contribution in [-0.2, 0) is 4.79 Å². The van der Waals surface area contributed by atoms with Crippen LogP contribution in [0.3, 0.4) is 0 Å². The molecule has 1 aliphatic rings. The molecule has 0 saturated carbocycles. The summed E-state index contributed by atoms with van der Waals surface area (Å²) in [6, 6.07) is 13.9. The third-order valence-corrected chi connectivity index (χ3v) is 4.27. The maximum absolute atomic E-state index is 12.2. The number of hydrogen-bond acceptors (Lipinski definition) is 5. The third-order valence-electron chi connectivity index (χ3n) is 4.03. The minimum atomic E-state index is -0.506. The van der Waals surface area contributed by atoms with Gasteiger partial charge < -0.3 is 9.73 Å². The third kappa shape index (κ3) is 2.80. The zero-order chi connectivity index (χ0) is 18.3. The Labute approximate surface area is 152 Å². The Kier molecular flexibility index (Phi) is 3.89. The molecule has 2 aromatic carbocycles. The van der Waals surface area contributed by atoms with Crippen LogP contribution in [0.15, 0.2) is 67.9 Å². The van der Waals surface area contributed by atoms with Gasteiger partial charge in [-0.3, -0.25) is 4.79 Å². The van der Waals surface area contributed by atoms with E-state index < -0.39 is 5.63 Å². The molecule has 1 N–H and O–H groups in total. The van der Waals surface area contributed by atoms with Gasteiger partial charge in [0.2, 0.25) is 0 Å². The summed E-state index contributed by atoms with van der Waals surface area (Å²) in [7, 11) is 0. The van der Waals surface area contributed by atoms with E-state index in [-0.39, 0.29) is 11.6 Å². The highest BCUT2D eigenvalue weighted by molar-refractivity contribution is 6.54. The zero-order valence-corrected chi connectivity index (χ0v) is 14.4. The number of nitrogens with one attached hydrogen (secondary N) is 1. The molecule has 26 heavy (non-hydrogen) atoms. The van der Waals surface area contributed by atoms with Gasteiger partial charge in [0.15, 0.2) is 5.71 Å². The van der Waals surface area contributed by atoms with Gasteiger partial charge in [0, 0.05) is 16.0 Å². The van der Waals surface area contributed by atoms with Gasteiger partial charge in [-0.2, -0.15) is 5.10 Å². The van der Waals surface area contributed by atoms with Crippen LogP contribution in [0.5, 0.6) is 0 Å². The fourth-order valence-corrected chi connectivity index (χ4v) is 2.89. The van der Waals surface area contributed by atoms with Gasteiger partial charge in [-0.25, -0.2) is 4.79 Å². The number of carbonyl (C=O) groups is 1. The van der Waals surface area contributed by atoms with Crippen LogP contribution in [-0.4, -0.2) is 17.3 Å². The van der Waals surface area contributed by atoms with E-state index >= 15 is 0 Å². The van der Waals surface area contributed by atoms with Crippen LogP contribution in [0.1, 0.15) is 18.1 Å². The molecule has 0 spiro atoms. The quantitative estimate of drug-likeness (QED) is 0.427. The fraction of sp³-hybridized carbons (Fsp3) is 0.0526. The summed E-state index contributed by atoms with van der Waals surface area (Å²) in [5.74, 6) is -0.371. The molecular weight excluding hydrogens is 354 g/mol. The van der Waals surface area contributed by atoms with Crippen molar-refractivity contribution in [2.24, 2.45) is 10.2 Å². The lowest BCUT2D eigenvalue weighted by Gasteiger charge is -2.01. The SMILES string of the molecule is C/C(=N/N=C1/C(=O)Nc2cc(Cl)ccc21)c1cc2ccccc2oc1=O.